The second-order valence-electron chi connectivity index (χ2n) is 4.30. The van der Waals surface area contributed by atoms with Gasteiger partial charge in [0, 0.05) is 13.1 Å². The number of nitrogens with zero attached hydrogens (tertiary/aromatic N) is 2. The molecule has 16 heavy (non-hydrogen) atoms. The van der Waals surface area contributed by atoms with E-state index in [0.29, 0.717) is 17.1 Å². The van der Waals surface area contributed by atoms with E-state index >= 15 is 0 Å². The van der Waals surface area contributed by atoms with Crippen LogP contribution in [0.4, 0.5) is 11.5 Å². The first-order valence-corrected chi connectivity index (χ1v) is 6.05. The van der Waals surface area contributed by atoms with Crippen molar-refractivity contribution < 1.29 is 0 Å². The standard InChI is InChI=1S/C11H17ClN4/c1-7-4-3-5-8(7)16-11-9(13-2)10(12)14-6-15-11/h6-8,13H,3-5H2,1-2H3,(H,14,15,16). The van der Waals surface area contributed by atoms with Gasteiger partial charge in [0.2, 0.25) is 0 Å². The molecule has 1 fully saturated rings. The molecule has 4 nitrogen and oxygen atoms in total. The van der Waals surface area contributed by atoms with Crippen LogP contribution in [0.25, 0.3) is 0 Å². The average molecular weight is 241 g/mol. The number of hydrogen-bond acceptors (Lipinski definition) is 4. The van der Waals surface area contributed by atoms with Gasteiger partial charge in [-0.15, -0.1) is 0 Å². The number of aromatic nitrogens is 2. The van der Waals surface area contributed by atoms with Gasteiger partial charge in [-0.2, -0.15) is 0 Å². The topological polar surface area (TPSA) is 49.8 Å². The van der Waals surface area contributed by atoms with Gasteiger partial charge < -0.3 is 10.6 Å². The van der Waals surface area contributed by atoms with Crippen molar-refractivity contribution in [3.05, 3.63) is 11.5 Å². The van der Waals surface area contributed by atoms with Gasteiger partial charge in [0.15, 0.2) is 11.0 Å². The van der Waals surface area contributed by atoms with Crippen LogP contribution in [0.2, 0.25) is 5.15 Å². The van der Waals surface area contributed by atoms with Gasteiger partial charge in [0.25, 0.3) is 0 Å². The molecule has 1 aromatic rings. The molecule has 0 saturated heterocycles. The van der Waals surface area contributed by atoms with E-state index in [9.17, 15) is 0 Å². The lowest BCUT2D eigenvalue weighted by Gasteiger charge is -2.19. The summed E-state index contributed by atoms with van der Waals surface area (Å²) < 4.78 is 0. The zero-order chi connectivity index (χ0) is 11.5. The van der Waals surface area contributed by atoms with Crippen LogP contribution in [0.5, 0.6) is 0 Å². The molecule has 1 heterocycles. The molecule has 0 radical (unpaired) electrons. The Balaban J connectivity index is 2.17. The molecule has 1 aliphatic carbocycles. The number of halogens is 1. The molecule has 2 N–H and O–H groups in total. The summed E-state index contributed by atoms with van der Waals surface area (Å²) in [5, 5.41) is 6.95. The zero-order valence-electron chi connectivity index (χ0n) is 9.63. The largest absolute Gasteiger partial charge is 0.383 e. The van der Waals surface area contributed by atoms with Crippen LogP contribution in [-0.4, -0.2) is 23.1 Å². The normalized spacial score (nSPS) is 24.4. The Bertz CT molecular complexity index is 369. The molecule has 0 amide bonds. The van der Waals surface area contributed by atoms with Gasteiger partial charge >= 0.3 is 0 Å². The summed E-state index contributed by atoms with van der Waals surface area (Å²) in [6, 6.07) is 0.498. The summed E-state index contributed by atoms with van der Waals surface area (Å²) in [4.78, 5) is 8.20. The van der Waals surface area contributed by atoms with Crippen LogP contribution >= 0.6 is 11.6 Å². The van der Waals surface area contributed by atoms with Crippen molar-refractivity contribution in [1.29, 1.82) is 0 Å². The third-order valence-corrected chi connectivity index (χ3v) is 3.52. The Morgan fingerprint density at radius 3 is 2.81 bits per heavy atom. The molecule has 0 aliphatic heterocycles. The average Bonchev–Trinajstić information content (AvgIpc) is 2.65. The SMILES string of the molecule is CNc1c(Cl)ncnc1NC1CCCC1C. The molecule has 1 saturated carbocycles. The predicted molar refractivity (Wildman–Crippen MR) is 67.0 cm³/mol. The van der Waals surface area contributed by atoms with Crippen LogP contribution in [0.3, 0.4) is 0 Å². The van der Waals surface area contributed by atoms with Crippen molar-refractivity contribution in [3.63, 3.8) is 0 Å². The van der Waals surface area contributed by atoms with Crippen molar-refractivity contribution in [2.45, 2.75) is 32.2 Å². The van der Waals surface area contributed by atoms with E-state index in [1.165, 1.54) is 25.6 Å². The minimum Gasteiger partial charge on any atom is -0.383 e. The zero-order valence-corrected chi connectivity index (χ0v) is 10.4. The maximum atomic E-state index is 6.00. The van der Waals surface area contributed by atoms with Crippen molar-refractivity contribution >= 4 is 23.1 Å². The van der Waals surface area contributed by atoms with E-state index in [4.69, 9.17) is 11.6 Å². The second-order valence-corrected chi connectivity index (χ2v) is 4.66. The minimum absolute atomic E-state index is 0.464. The van der Waals surface area contributed by atoms with Crippen LogP contribution in [0.1, 0.15) is 26.2 Å². The Kier molecular flexibility index (Phi) is 3.49. The smallest absolute Gasteiger partial charge is 0.157 e. The van der Waals surface area contributed by atoms with Crippen molar-refractivity contribution in [2.24, 2.45) is 5.92 Å². The fourth-order valence-electron chi connectivity index (χ4n) is 2.23. The first kappa shape index (κ1) is 11.5. The molecule has 2 unspecified atom stereocenters. The van der Waals surface area contributed by atoms with E-state index in [-0.39, 0.29) is 0 Å². The Morgan fingerprint density at radius 2 is 2.19 bits per heavy atom. The van der Waals surface area contributed by atoms with Gasteiger partial charge in [-0.05, 0) is 18.8 Å². The highest BCUT2D eigenvalue weighted by atomic mass is 35.5. The molecule has 2 atom stereocenters. The lowest BCUT2D eigenvalue weighted by atomic mass is 10.1. The lowest BCUT2D eigenvalue weighted by Crippen LogP contribution is -2.23. The monoisotopic (exact) mass is 240 g/mol. The molecule has 0 spiro atoms. The summed E-state index contributed by atoms with van der Waals surface area (Å²) in [5.74, 6) is 1.50. The second kappa shape index (κ2) is 4.87. The maximum Gasteiger partial charge on any atom is 0.157 e. The molecule has 0 aromatic carbocycles. The van der Waals surface area contributed by atoms with Gasteiger partial charge in [0.05, 0.1) is 0 Å². The summed E-state index contributed by atoms with van der Waals surface area (Å²) in [5.41, 5.74) is 0.781. The van der Waals surface area contributed by atoms with Gasteiger partial charge in [-0.1, -0.05) is 24.9 Å². The molecule has 2 rings (SSSR count). The number of hydrogen-bond donors (Lipinski definition) is 2. The highest BCUT2D eigenvalue weighted by Gasteiger charge is 2.24. The molecular weight excluding hydrogens is 224 g/mol. The van der Waals surface area contributed by atoms with Crippen molar-refractivity contribution in [2.75, 3.05) is 17.7 Å². The fourth-order valence-corrected chi connectivity index (χ4v) is 2.46. The molecule has 1 aromatic heterocycles. The number of rotatable bonds is 3. The van der Waals surface area contributed by atoms with E-state index in [1.807, 2.05) is 7.05 Å². The highest BCUT2D eigenvalue weighted by Crippen LogP contribution is 2.31. The number of nitrogens with one attached hydrogen (secondary N) is 2. The van der Waals surface area contributed by atoms with Gasteiger partial charge in [-0.3, -0.25) is 0 Å². The molecule has 1 aliphatic rings. The van der Waals surface area contributed by atoms with E-state index < -0.39 is 0 Å². The summed E-state index contributed by atoms with van der Waals surface area (Å²) in [6.45, 7) is 2.27. The number of anilines is 2. The van der Waals surface area contributed by atoms with Crippen LogP contribution in [0, 0.1) is 5.92 Å². The summed E-state index contributed by atoms with van der Waals surface area (Å²) >= 11 is 6.00. The molecule has 5 heteroatoms. The van der Waals surface area contributed by atoms with Gasteiger partial charge in [-0.25, -0.2) is 9.97 Å². The Labute approximate surface area is 101 Å². The molecular formula is C11H17ClN4. The minimum atomic E-state index is 0.464. The van der Waals surface area contributed by atoms with Crippen molar-refractivity contribution in [1.82, 2.24) is 9.97 Å². The third-order valence-electron chi connectivity index (χ3n) is 3.23. The maximum absolute atomic E-state index is 6.00. The molecule has 88 valence electrons. The summed E-state index contributed by atoms with van der Waals surface area (Å²) in [6.07, 6.45) is 5.26. The van der Waals surface area contributed by atoms with E-state index in [0.717, 1.165) is 11.5 Å². The van der Waals surface area contributed by atoms with Crippen LogP contribution in [-0.2, 0) is 0 Å². The molecule has 0 bridgehead atoms. The first-order chi connectivity index (χ1) is 7.72. The predicted octanol–water partition coefficient (Wildman–Crippen LogP) is 2.77. The third kappa shape index (κ3) is 2.21. The van der Waals surface area contributed by atoms with Crippen molar-refractivity contribution in [3.8, 4) is 0 Å². The highest BCUT2D eigenvalue weighted by molar-refractivity contribution is 6.32. The van der Waals surface area contributed by atoms with E-state index in [2.05, 4.69) is 27.5 Å². The summed E-state index contributed by atoms with van der Waals surface area (Å²) in [7, 11) is 1.83. The van der Waals surface area contributed by atoms with Crippen LogP contribution < -0.4 is 10.6 Å². The first-order valence-electron chi connectivity index (χ1n) is 5.67. The quantitative estimate of drug-likeness (QED) is 0.798. The lowest BCUT2D eigenvalue weighted by molar-refractivity contribution is 0.555. The van der Waals surface area contributed by atoms with Gasteiger partial charge in [0.1, 0.15) is 12.0 Å². The fraction of sp³-hybridized carbons (Fsp3) is 0.636. The Hall–Kier alpha value is -1.03. The Morgan fingerprint density at radius 1 is 1.38 bits per heavy atom. The van der Waals surface area contributed by atoms with E-state index in [1.54, 1.807) is 0 Å². The van der Waals surface area contributed by atoms with Crippen LogP contribution in [0.15, 0.2) is 6.33 Å².